The van der Waals surface area contributed by atoms with Crippen molar-refractivity contribution in [1.29, 1.82) is 0 Å². The number of hydrogen-bond acceptors (Lipinski definition) is 4. The molecular formula is C22H23FN2O4. The number of fused-ring (bicyclic) bond motifs is 1. The molecule has 29 heavy (non-hydrogen) atoms. The molecular weight excluding hydrogens is 375 g/mol. The third kappa shape index (κ3) is 4.34. The maximum Gasteiger partial charge on any atom is 0.289 e. The zero-order valence-corrected chi connectivity index (χ0v) is 16.0. The lowest BCUT2D eigenvalue weighted by molar-refractivity contribution is -0.151. The van der Waals surface area contributed by atoms with Gasteiger partial charge in [0.15, 0.2) is 5.76 Å². The molecule has 1 saturated heterocycles. The SMILES string of the molecule is O=C(CN1C(=O)/C(=C/c2ccccc2F)OC2CCCCC21)NCc1ccco1. The van der Waals surface area contributed by atoms with Gasteiger partial charge < -0.3 is 19.4 Å². The van der Waals surface area contributed by atoms with Gasteiger partial charge in [-0.3, -0.25) is 9.59 Å². The van der Waals surface area contributed by atoms with Crippen LogP contribution in [0.3, 0.4) is 0 Å². The van der Waals surface area contributed by atoms with Crippen molar-refractivity contribution in [3.8, 4) is 0 Å². The first-order chi connectivity index (χ1) is 14.1. The Kier molecular flexibility index (Phi) is 5.64. The molecule has 4 rings (SSSR count). The molecule has 0 radical (unpaired) electrons. The summed E-state index contributed by atoms with van der Waals surface area (Å²) in [6.07, 6.45) is 6.36. The van der Waals surface area contributed by atoms with Crippen LogP contribution in [0, 0.1) is 5.82 Å². The fourth-order valence-electron chi connectivity index (χ4n) is 3.90. The zero-order valence-electron chi connectivity index (χ0n) is 16.0. The molecule has 2 atom stereocenters. The van der Waals surface area contributed by atoms with Gasteiger partial charge in [-0.05, 0) is 43.5 Å². The van der Waals surface area contributed by atoms with Crippen LogP contribution in [0.4, 0.5) is 4.39 Å². The lowest BCUT2D eigenvalue weighted by Crippen LogP contribution is -2.57. The van der Waals surface area contributed by atoms with Crippen molar-refractivity contribution in [1.82, 2.24) is 10.2 Å². The first-order valence-corrected chi connectivity index (χ1v) is 9.85. The number of carbonyl (C=O) groups excluding carboxylic acids is 2. The molecule has 1 aromatic carbocycles. The molecule has 152 valence electrons. The molecule has 2 unspecified atom stereocenters. The molecule has 2 aromatic rings. The van der Waals surface area contributed by atoms with Crippen LogP contribution < -0.4 is 5.32 Å². The normalized spacial score (nSPS) is 22.9. The highest BCUT2D eigenvalue weighted by molar-refractivity contribution is 5.98. The smallest absolute Gasteiger partial charge is 0.289 e. The summed E-state index contributed by atoms with van der Waals surface area (Å²) < 4.78 is 25.2. The average molecular weight is 398 g/mol. The second-order valence-corrected chi connectivity index (χ2v) is 7.33. The van der Waals surface area contributed by atoms with Crippen molar-refractivity contribution in [2.75, 3.05) is 6.54 Å². The van der Waals surface area contributed by atoms with Crippen LogP contribution in [0.25, 0.3) is 6.08 Å². The average Bonchev–Trinajstić information content (AvgIpc) is 3.25. The maximum absolute atomic E-state index is 14.0. The van der Waals surface area contributed by atoms with Crippen molar-refractivity contribution in [3.63, 3.8) is 0 Å². The predicted molar refractivity (Wildman–Crippen MR) is 104 cm³/mol. The molecule has 1 saturated carbocycles. The summed E-state index contributed by atoms with van der Waals surface area (Å²) >= 11 is 0. The zero-order chi connectivity index (χ0) is 20.2. The van der Waals surface area contributed by atoms with Gasteiger partial charge in [0.25, 0.3) is 5.91 Å². The van der Waals surface area contributed by atoms with Crippen LogP contribution in [-0.4, -0.2) is 35.4 Å². The summed E-state index contributed by atoms with van der Waals surface area (Å²) in [4.78, 5) is 27.1. The van der Waals surface area contributed by atoms with Crippen LogP contribution in [0.15, 0.2) is 52.8 Å². The number of carbonyl (C=O) groups is 2. The van der Waals surface area contributed by atoms with Gasteiger partial charge in [-0.25, -0.2) is 4.39 Å². The van der Waals surface area contributed by atoms with Crippen molar-refractivity contribution in [2.24, 2.45) is 0 Å². The quantitative estimate of drug-likeness (QED) is 0.785. The Balaban J connectivity index is 1.52. The Bertz CT molecular complexity index is 909. The minimum absolute atomic E-state index is 0.0708. The summed E-state index contributed by atoms with van der Waals surface area (Å²) in [5.74, 6) is -0.361. The van der Waals surface area contributed by atoms with Gasteiger partial charge in [0.05, 0.1) is 18.8 Å². The van der Waals surface area contributed by atoms with E-state index in [1.807, 2.05) is 0 Å². The lowest BCUT2D eigenvalue weighted by Gasteiger charge is -2.44. The van der Waals surface area contributed by atoms with Gasteiger partial charge >= 0.3 is 0 Å². The number of benzene rings is 1. The molecule has 0 spiro atoms. The highest BCUT2D eigenvalue weighted by Crippen LogP contribution is 2.33. The first-order valence-electron chi connectivity index (χ1n) is 9.85. The van der Waals surface area contributed by atoms with Gasteiger partial charge in [0, 0.05) is 5.56 Å². The summed E-state index contributed by atoms with van der Waals surface area (Å²) in [5, 5.41) is 2.78. The van der Waals surface area contributed by atoms with Gasteiger partial charge in [-0.1, -0.05) is 24.6 Å². The largest absolute Gasteiger partial charge is 0.482 e. The van der Waals surface area contributed by atoms with Crippen molar-refractivity contribution in [2.45, 2.75) is 44.4 Å². The van der Waals surface area contributed by atoms with Gasteiger partial charge in [0.2, 0.25) is 5.91 Å². The molecule has 2 aliphatic rings. The number of morpholine rings is 1. The third-order valence-electron chi connectivity index (χ3n) is 5.36. The third-order valence-corrected chi connectivity index (χ3v) is 5.36. The van der Waals surface area contributed by atoms with E-state index in [0.717, 1.165) is 25.7 Å². The van der Waals surface area contributed by atoms with Gasteiger partial charge in [-0.15, -0.1) is 0 Å². The predicted octanol–water partition coefficient (Wildman–Crippen LogP) is 3.25. The Hall–Kier alpha value is -3.09. The Labute approximate surface area is 168 Å². The lowest BCUT2D eigenvalue weighted by atomic mass is 9.89. The second kappa shape index (κ2) is 8.51. The van der Waals surface area contributed by atoms with E-state index in [1.54, 1.807) is 41.5 Å². The van der Waals surface area contributed by atoms with Crippen molar-refractivity contribution < 1.29 is 23.1 Å². The number of hydrogen-bond donors (Lipinski definition) is 1. The van der Waals surface area contributed by atoms with Crippen molar-refractivity contribution >= 4 is 17.9 Å². The first kappa shape index (κ1) is 19.2. The van der Waals surface area contributed by atoms with E-state index in [0.29, 0.717) is 5.76 Å². The van der Waals surface area contributed by atoms with E-state index >= 15 is 0 Å². The topological polar surface area (TPSA) is 71.8 Å². The number of nitrogens with zero attached hydrogens (tertiary/aromatic N) is 1. The molecule has 1 aliphatic carbocycles. The maximum atomic E-state index is 14.0. The van der Waals surface area contributed by atoms with Crippen LogP contribution in [0.1, 0.15) is 37.0 Å². The van der Waals surface area contributed by atoms with E-state index in [9.17, 15) is 14.0 Å². The Morgan fingerprint density at radius 2 is 2.03 bits per heavy atom. The molecule has 7 heteroatoms. The minimum atomic E-state index is -0.426. The number of amides is 2. The Morgan fingerprint density at radius 1 is 1.21 bits per heavy atom. The Morgan fingerprint density at radius 3 is 2.83 bits per heavy atom. The van der Waals surface area contributed by atoms with E-state index in [-0.39, 0.29) is 48.4 Å². The van der Waals surface area contributed by atoms with Crippen LogP contribution >= 0.6 is 0 Å². The van der Waals surface area contributed by atoms with Crippen LogP contribution in [-0.2, 0) is 20.9 Å². The number of rotatable bonds is 5. The highest BCUT2D eigenvalue weighted by Gasteiger charge is 2.42. The second-order valence-electron chi connectivity index (χ2n) is 7.33. The number of halogens is 1. The molecule has 2 fully saturated rings. The minimum Gasteiger partial charge on any atom is -0.482 e. The molecule has 6 nitrogen and oxygen atoms in total. The monoisotopic (exact) mass is 398 g/mol. The van der Waals surface area contributed by atoms with Crippen molar-refractivity contribution in [3.05, 3.63) is 65.6 Å². The number of furan rings is 1. The highest BCUT2D eigenvalue weighted by atomic mass is 19.1. The summed E-state index contributed by atoms with van der Waals surface area (Å²) in [5.41, 5.74) is 0.285. The molecule has 2 heterocycles. The van der Waals surface area contributed by atoms with Gasteiger partial charge in [0.1, 0.15) is 24.2 Å². The van der Waals surface area contributed by atoms with E-state index < -0.39 is 5.82 Å². The van der Waals surface area contributed by atoms with E-state index in [1.165, 1.54) is 12.1 Å². The molecule has 1 aliphatic heterocycles. The summed E-state index contributed by atoms with van der Waals surface area (Å²) in [7, 11) is 0. The van der Waals surface area contributed by atoms with Gasteiger partial charge in [-0.2, -0.15) is 0 Å². The summed E-state index contributed by atoms with van der Waals surface area (Å²) in [6.45, 7) is 0.190. The fourth-order valence-corrected chi connectivity index (χ4v) is 3.90. The van der Waals surface area contributed by atoms with E-state index in [2.05, 4.69) is 5.32 Å². The fraction of sp³-hybridized carbons (Fsp3) is 0.364. The molecule has 2 amide bonds. The molecule has 1 N–H and O–H groups in total. The summed E-state index contributed by atoms with van der Waals surface area (Å²) in [6, 6.07) is 9.59. The number of ether oxygens (including phenoxy) is 1. The number of nitrogens with one attached hydrogen (secondary N) is 1. The molecule has 1 aromatic heterocycles. The van der Waals surface area contributed by atoms with Crippen LogP contribution in [0.5, 0.6) is 0 Å². The standard InChI is InChI=1S/C22H23FN2O4/c23-17-8-2-1-6-15(17)12-20-22(27)25(18-9-3-4-10-19(18)29-20)14-21(26)24-13-16-7-5-11-28-16/h1-2,5-8,11-12,18-19H,3-4,9-10,13-14H2,(H,24,26)/b20-12-. The van der Waals surface area contributed by atoms with Crippen LogP contribution in [0.2, 0.25) is 0 Å². The molecule has 0 bridgehead atoms. The van der Waals surface area contributed by atoms with E-state index in [4.69, 9.17) is 9.15 Å².